The van der Waals surface area contributed by atoms with Crippen LogP contribution < -0.4 is 10.6 Å². The van der Waals surface area contributed by atoms with Crippen LogP contribution in [0.2, 0.25) is 0 Å². The minimum Gasteiger partial charge on any atom is -0.317 e. The smallest absolute Gasteiger partial charge is 0.00675 e. The van der Waals surface area contributed by atoms with E-state index < -0.39 is 0 Å². The third-order valence-corrected chi connectivity index (χ3v) is 4.03. The predicted octanol–water partition coefficient (Wildman–Crippen LogP) is 3.86. The molecule has 108 valence electrons. The number of unbranched alkanes of at least 4 members (excludes halogenated alkanes) is 6. The van der Waals surface area contributed by atoms with E-state index in [-0.39, 0.29) is 0 Å². The highest BCUT2D eigenvalue weighted by Crippen LogP contribution is 2.13. The third-order valence-electron chi connectivity index (χ3n) is 4.03. The summed E-state index contributed by atoms with van der Waals surface area (Å²) in [4.78, 5) is 0. The topological polar surface area (TPSA) is 24.1 Å². The molecule has 2 nitrogen and oxygen atoms in total. The zero-order chi connectivity index (χ0) is 12.9. The van der Waals surface area contributed by atoms with Crippen LogP contribution in [0, 0.1) is 0 Å². The van der Waals surface area contributed by atoms with E-state index >= 15 is 0 Å². The van der Waals surface area contributed by atoms with E-state index in [1.54, 1.807) is 0 Å². The first-order chi connectivity index (χ1) is 8.93. The molecule has 0 radical (unpaired) electrons. The highest BCUT2D eigenvalue weighted by atomic mass is 14.9. The summed E-state index contributed by atoms with van der Waals surface area (Å²) in [6.45, 7) is 5.99. The molecule has 1 aliphatic rings. The summed E-state index contributed by atoms with van der Waals surface area (Å²) >= 11 is 0. The molecule has 1 unspecified atom stereocenters. The lowest BCUT2D eigenvalue weighted by Crippen LogP contribution is -2.20. The molecule has 1 rings (SSSR count). The van der Waals surface area contributed by atoms with Crippen molar-refractivity contribution in [3.8, 4) is 0 Å². The highest BCUT2D eigenvalue weighted by molar-refractivity contribution is 4.73. The molecule has 0 aromatic rings. The number of nitrogens with one attached hydrogen (secondary N) is 2. The Kier molecular flexibility index (Phi) is 10.6. The van der Waals surface area contributed by atoms with Crippen LogP contribution in [0.5, 0.6) is 0 Å². The average molecular weight is 254 g/mol. The molecular formula is C16H34N2. The van der Waals surface area contributed by atoms with E-state index in [4.69, 9.17) is 0 Å². The summed E-state index contributed by atoms with van der Waals surface area (Å²) < 4.78 is 0. The number of rotatable bonds is 12. The monoisotopic (exact) mass is 254 g/mol. The van der Waals surface area contributed by atoms with Crippen LogP contribution in [0.3, 0.4) is 0 Å². The van der Waals surface area contributed by atoms with Crippen molar-refractivity contribution >= 4 is 0 Å². The fourth-order valence-corrected chi connectivity index (χ4v) is 2.80. The van der Waals surface area contributed by atoms with Crippen molar-refractivity contribution in [2.45, 2.75) is 83.6 Å². The molecule has 0 bridgehead atoms. The van der Waals surface area contributed by atoms with Crippen molar-refractivity contribution in [3.05, 3.63) is 0 Å². The van der Waals surface area contributed by atoms with Gasteiger partial charge in [-0.3, -0.25) is 0 Å². The van der Waals surface area contributed by atoms with Crippen molar-refractivity contribution < 1.29 is 0 Å². The Balaban J connectivity index is 1.68. The first-order valence-electron chi connectivity index (χ1n) is 8.37. The zero-order valence-electron chi connectivity index (χ0n) is 12.5. The molecule has 0 spiro atoms. The Labute approximate surface area is 114 Å². The molecule has 1 aliphatic heterocycles. The Hall–Kier alpha value is -0.0800. The Morgan fingerprint density at radius 1 is 0.944 bits per heavy atom. The van der Waals surface area contributed by atoms with E-state index in [1.807, 2.05) is 0 Å². The maximum atomic E-state index is 3.58. The van der Waals surface area contributed by atoms with Crippen LogP contribution in [-0.4, -0.2) is 25.7 Å². The molecule has 0 aromatic heterocycles. The molecule has 1 fully saturated rings. The Bertz CT molecular complexity index is 164. The molecule has 1 atom stereocenters. The quantitative estimate of drug-likeness (QED) is 0.517. The second kappa shape index (κ2) is 12.0. The summed E-state index contributed by atoms with van der Waals surface area (Å²) in [6.07, 6.45) is 15.4. The number of hydrogen-bond acceptors (Lipinski definition) is 2. The van der Waals surface area contributed by atoms with Crippen LogP contribution >= 0.6 is 0 Å². The van der Waals surface area contributed by atoms with Crippen LogP contribution in [0.1, 0.15) is 77.6 Å². The first-order valence-corrected chi connectivity index (χ1v) is 8.37. The van der Waals surface area contributed by atoms with Gasteiger partial charge in [-0.25, -0.2) is 0 Å². The molecule has 1 saturated heterocycles. The minimum absolute atomic E-state index is 0.849. The molecule has 2 N–H and O–H groups in total. The maximum Gasteiger partial charge on any atom is 0.00675 e. The summed E-state index contributed by atoms with van der Waals surface area (Å²) in [5.41, 5.74) is 0. The van der Waals surface area contributed by atoms with Gasteiger partial charge >= 0.3 is 0 Å². The molecule has 1 heterocycles. The van der Waals surface area contributed by atoms with Crippen LogP contribution in [0.25, 0.3) is 0 Å². The second-order valence-electron chi connectivity index (χ2n) is 5.81. The Morgan fingerprint density at radius 2 is 1.67 bits per heavy atom. The van der Waals surface area contributed by atoms with E-state index in [1.165, 1.54) is 90.3 Å². The normalized spacial score (nSPS) is 19.5. The highest BCUT2D eigenvalue weighted by Gasteiger charge is 2.12. The van der Waals surface area contributed by atoms with Crippen LogP contribution in [0.15, 0.2) is 0 Å². The van der Waals surface area contributed by atoms with Gasteiger partial charge in [0.1, 0.15) is 0 Å². The molecule has 2 heteroatoms. The second-order valence-corrected chi connectivity index (χ2v) is 5.81. The summed E-state index contributed by atoms with van der Waals surface area (Å²) in [5, 5.41) is 7.14. The van der Waals surface area contributed by atoms with E-state index in [0.717, 1.165) is 6.04 Å². The summed E-state index contributed by atoms with van der Waals surface area (Å²) in [6, 6.07) is 0.849. The Morgan fingerprint density at radius 3 is 2.33 bits per heavy atom. The largest absolute Gasteiger partial charge is 0.317 e. The maximum absolute atomic E-state index is 3.58. The minimum atomic E-state index is 0.849. The molecule has 0 saturated carbocycles. The standard InChI is InChI=1S/C16H34N2/c1-2-3-4-8-13-17-14-9-6-5-7-11-16-12-10-15-18-16/h16-18H,2-15H2,1H3. The third kappa shape index (κ3) is 8.93. The summed E-state index contributed by atoms with van der Waals surface area (Å²) in [5.74, 6) is 0. The van der Waals surface area contributed by atoms with Gasteiger partial charge in [-0.2, -0.15) is 0 Å². The lowest BCUT2D eigenvalue weighted by molar-refractivity contribution is 0.501. The van der Waals surface area contributed by atoms with Gasteiger partial charge < -0.3 is 10.6 Å². The predicted molar refractivity (Wildman–Crippen MR) is 81.1 cm³/mol. The summed E-state index contributed by atoms with van der Waals surface area (Å²) in [7, 11) is 0. The van der Waals surface area contributed by atoms with Gasteiger partial charge in [-0.1, -0.05) is 45.4 Å². The lowest BCUT2D eigenvalue weighted by atomic mass is 10.1. The fraction of sp³-hybridized carbons (Fsp3) is 1.00. The number of hydrogen-bond donors (Lipinski definition) is 2. The van der Waals surface area contributed by atoms with E-state index in [2.05, 4.69) is 17.6 Å². The van der Waals surface area contributed by atoms with Crippen molar-refractivity contribution in [1.82, 2.24) is 10.6 Å². The fourth-order valence-electron chi connectivity index (χ4n) is 2.80. The zero-order valence-corrected chi connectivity index (χ0v) is 12.5. The van der Waals surface area contributed by atoms with Gasteiger partial charge in [0, 0.05) is 6.04 Å². The first kappa shape index (κ1) is 16.0. The van der Waals surface area contributed by atoms with Gasteiger partial charge in [-0.05, 0) is 51.7 Å². The van der Waals surface area contributed by atoms with E-state index in [9.17, 15) is 0 Å². The van der Waals surface area contributed by atoms with Crippen molar-refractivity contribution in [2.75, 3.05) is 19.6 Å². The van der Waals surface area contributed by atoms with Crippen molar-refractivity contribution in [2.24, 2.45) is 0 Å². The van der Waals surface area contributed by atoms with Crippen molar-refractivity contribution in [3.63, 3.8) is 0 Å². The molecule has 0 amide bonds. The lowest BCUT2D eigenvalue weighted by Gasteiger charge is -2.09. The molecule has 18 heavy (non-hydrogen) atoms. The van der Waals surface area contributed by atoms with Crippen LogP contribution in [0.4, 0.5) is 0 Å². The molecular weight excluding hydrogens is 220 g/mol. The van der Waals surface area contributed by atoms with Gasteiger partial charge in [0.15, 0.2) is 0 Å². The molecule has 0 aliphatic carbocycles. The van der Waals surface area contributed by atoms with Gasteiger partial charge in [0.05, 0.1) is 0 Å². The van der Waals surface area contributed by atoms with Gasteiger partial charge in [0.25, 0.3) is 0 Å². The molecule has 0 aromatic carbocycles. The van der Waals surface area contributed by atoms with Crippen LogP contribution in [-0.2, 0) is 0 Å². The SMILES string of the molecule is CCCCCCNCCCCCCC1CCCN1. The van der Waals surface area contributed by atoms with Gasteiger partial charge in [0.2, 0.25) is 0 Å². The van der Waals surface area contributed by atoms with E-state index in [0.29, 0.717) is 0 Å². The van der Waals surface area contributed by atoms with Crippen molar-refractivity contribution in [1.29, 1.82) is 0 Å². The average Bonchev–Trinajstić information content (AvgIpc) is 2.89. The van der Waals surface area contributed by atoms with Gasteiger partial charge in [-0.15, -0.1) is 0 Å².